The highest BCUT2D eigenvalue weighted by molar-refractivity contribution is 5.04. The summed E-state index contributed by atoms with van der Waals surface area (Å²) in [5.41, 5.74) is 6.51. The van der Waals surface area contributed by atoms with Gasteiger partial charge in [-0.05, 0) is 0 Å². The summed E-state index contributed by atoms with van der Waals surface area (Å²) in [7, 11) is 0. The summed E-state index contributed by atoms with van der Waals surface area (Å²) < 4.78 is 0. The molecule has 0 saturated heterocycles. The van der Waals surface area contributed by atoms with Gasteiger partial charge in [0.1, 0.15) is 0 Å². The maximum absolute atomic E-state index is 8.70. The Balaban J connectivity index is 2.65. The first-order valence-corrected chi connectivity index (χ1v) is 2.32. The lowest BCUT2D eigenvalue weighted by molar-refractivity contribution is 0.00765. The van der Waals surface area contributed by atoms with E-state index < -0.39 is 0 Å². The van der Waals surface area contributed by atoms with Crippen LogP contribution < -0.4 is 5.32 Å². The Morgan fingerprint density at radius 2 is 2.56 bits per heavy atom. The summed E-state index contributed by atoms with van der Waals surface area (Å²) in [5, 5.41) is 15.2. The van der Waals surface area contributed by atoms with Crippen LogP contribution in [0.1, 0.15) is 0 Å². The standard InChI is InChI=1S/C4H6N4O/c5-7-4-3-8(9)2-1-6-4/h1-3,5-6,9H. The minimum Gasteiger partial charge on any atom is -0.342 e. The summed E-state index contributed by atoms with van der Waals surface area (Å²) in [4.78, 5) is 0. The fourth-order valence-electron chi connectivity index (χ4n) is 0.466. The average molecular weight is 126 g/mol. The van der Waals surface area contributed by atoms with E-state index in [0.717, 1.165) is 5.06 Å². The zero-order valence-electron chi connectivity index (χ0n) is 4.57. The maximum atomic E-state index is 8.70. The third kappa shape index (κ3) is 1.26. The molecule has 0 unspecified atom stereocenters. The number of nitrogens with zero attached hydrogens (tertiary/aromatic N) is 2. The van der Waals surface area contributed by atoms with E-state index >= 15 is 0 Å². The van der Waals surface area contributed by atoms with E-state index in [1.165, 1.54) is 18.6 Å². The molecular weight excluding hydrogens is 120 g/mol. The van der Waals surface area contributed by atoms with E-state index in [0.29, 0.717) is 5.82 Å². The molecule has 1 heterocycles. The lowest BCUT2D eigenvalue weighted by atomic mass is 10.6. The zero-order valence-corrected chi connectivity index (χ0v) is 4.57. The van der Waals surface area contributed by atoms with Gasteiger partial charge in [-0.2, -0.15) is 0 Å². The number of hydroxylamine groups is 2. The predicted molar refractivity (Wildman–Crippen MR) is 29.1 cm³/mol. The van der Waals surface area contributed by atoms with Gasteiger partial charge in [-0.3, -0.25) is 5.21 Å². The Labute approximate surface area is 51.7 Å². The number of nitrogens with one attached hydrogen (secondary N) is 2. The maximum Gasteiger partial charge on any atom is 0.170 e. The van der Waals surface area contributed by atoms with Gasteiger partial charge in [-0.1, -0.05) is 0 Å². The second kappa shape index (κ2) is 2.27. The minimum atomic E-state index is 0.306. The first-order chi connectivity index (χ1) is 4.33. The molecule has 0 aromatic rings. The molecule has 5 heteroatoms. The molecule has 9 heavy (non-hydrogen) atoms. The molecule has 1 aliphatic rings. The van der Waals surface area contributed by atoms with Crippen LogP contribution in [-0.4, -0.2) is 10.3 Å². The van der Waals surface area contributed by atoms with Gasteiger partial charge in [0.2, 0.25) is 0 Å². The Hall–Kier alpha value is -1.36. The Bertz CT molecular complexity index is 173. The van der Waals surface area contributed by atoms with E-state index in [2.05, 4.69) is 10.4 Å². The van der Waals surface area contributed by atoms with E-state index in [9.17, 15) is 0 Å². The van der Waals surface area contributed by atoms with Crippen LogP contribution in [0.2, 0.25) is 0 Å². The highest BCUT2D eigenvalue weighted by Gasteiger charge is 1.97. The smallest absolute Gasteiger partial charge is 0.170 e. The first kappa shape index (κ1) is 5.77. The SMILES string of the molecule is N=NC1=CN(O)C=CN1. The molecule has 0 aliphatic carbocycles. The van der Waals surface area contributed by atoms with Gasteiger partial charge < -0.3 is 5.32 Å². The molecule has 3 N–H and O–H groups in total. The molecule has 1 aliphatic heterocycles. The average Bonchev–Trinajstić information content (AvgIpc) is 1.88. The molecule has 0 aromatic heterocycles. The molecule has 0 aromatic carbocycles. The van der Waals surface area contributed by atoms with Crippen molar-refractivity contribution in [3.05, 3.63) is 24.4 Å². The predicted octanol–water partition coefficient (Wildman–Crippen LogP) is 0.582. The van der Waals surface area contributed by atoms with E-state index in [1.807, 2.05) is 0 Å². The molecule has 0 radical (unpaired) electrons. The van der Waals surface area contributed by atoms with Crippen LogP contribution in [0.4, 0.5) is 0 Å². The fourth-order valence-corrected chi connectivity index (χ4v) is 0.466. The summed E-state index contributed by atoms with van der Waals surface area (Å²) in [6.07, 6.45) is 4.16. The van der Waals surface area contributed by atoms with Crippen molar-refractivity contribution in [2.45, 2.75) is 0 Å². The Kier molecular flexibility index (Phi) is 1.46. The number of hydrogen-bond donors (Lipinski definition) is 3. The molecule has 0 bridgehead atoms. The van der Waals surface area contributed by atoms with Gasteiger partial charge >= 0.3 is 0 Å². The van der Waals surface area contributed by atoms with Gasteiger partial charge in [0.15, 0.2) is 5.82 Å². The summed E-state index contributed by atoms with van der Waals surface area (Å²) in [6, 6.07) is 0. The van der Waals surface area contributed by atoms with Crippen molar-refractivity contribution < 1.29 is 5.21 Å². The van der Waals surface area contributed by atoms with Crippen LogP contribution in [0.15, 0.2) is 29.5 Å². The monoisotopic (exact) mass is 126 g/mol. The van der Waals surface area contributed by atoms with Crippen molar-refractivity contribution in [1.82, 2.24) is 10.4 Å². The van der Waals surface area contributed by atoms with Crippen molar-refractivity contribution in [3.63, 3.8) is 0 Å². The fraction of sp³-hybridized carbons (Fsp3) is 0. The second-order valence-electron chi connectivity index (χ2n) is 1.47. The second-order valence-corrected chi connectivity index (χ2v) is 1.47. The quantitative estimate of drug-likeness (QED) is 0.450. The van der Waals surface area contributed by atoms with Gasteiger partial charge in [0.25, 0.3) is 0 Å². The van der Waals surface area contributed by atoms with Crippen molar-refractivity contribution in [2.24, 2.45) is 5.11 Å². The summed E-state index contributed by atoms with van der Waals surface area (Å²) in [6.45, 7) is 0. The lowest BCUT2D eigenvalue weighted by Crippen LogP contribution is -2.15. The highest BCUT2D eigenvalue weighted by atomic mass is 16.5. The van der Waals surface area contributed by atoms with E-state index in [-0.39, 0.29) is 0 Å². The third-order valence-corrected chi connectivity index (χ3v) is 0.833. The minimum absolute atomic E-state index is 0.306. The molecule has 0 spiro atoms. The van der Waals surface area contributed by atoms with Gasteiger partial charge in [-0.25, -0.2) is 10.6 Å². The summed E-state index contributed by atoms with van der Waals surface area (Å²) in [5.74, 6) is 0.306. The van der Waals surface area contributed by atoms with E-state index in [4.69, 9.17) is 10.7 Å². The Morgan fingerprint density at radius 3 is 3.00 bits per heavy atom. The zero-order chi connectivity index (χ0) is 6.69. The largest absolute Gasteiger partial charge is 0.342 e. The molecular formula is C4H6N4O. The van der Waals surface area contributed by atoms with Crippen LogP contribution in [0.5, 0.6) is 0 Å². The van der Waals surface area contributed by atoms with Crippen LogP contribution >= 0.6 is 0 Å². The molecule has 0 fully saturated rings. The van der Waals surface area contributed by atoms with E-state index in [1.54, 1.807) is 0 Å². The van der Waals surface area contributed by atoms with Gasteiger partial charge in [-0.15, -0.1) is 5.11 Å². The molecule has 5 nitrogen and oxygen atoms in total. The van der Waals surface area contributed by atoms with Crippen LogP contribution in [0, 0.1) is 5.53 Å². The summed E-state index contributed by atoms with van der Waals surface area (Å²) >= 11 is 0. The van der Waals surface area contributed by atoms with Crippen LogP contribution in [-0.2, 0) is 0 Å². The third-order valence-electron chi connectivity index (χ3n) is 0.833. The highest BCUT2D eigenvalue weighted by Crippen LogP contribution is 1.98. The number of rotatable bonds is 1. The van der Waals surface area contributed by atoms with Gasteiger partial charge in [0, 0.05) is 12.4 Å². The molecule has 0 amide bonds. The topological polar surface area (TPSA) is 71.7 Å². The number of hydrogen-bond acceptors (Lipinski definition) is 5. The van der Waals surface area contributed by atoms with Crippen molar-refractivity contribution in [1.29, 1.82) is 5.53 Å². The van der Waals surface area contributed by atoms with Crippen molar-refractivity contribution in [3.8, 4) is 0 Å². The Morgan fingerprint density at radius 1 is 1.78 bits per heavy atom. The van der Waals surface area contributed by atoms with Crippen LogP contribution in [0.3, 0.4) is 0 Å². The normalized spacial score (nSPS) is 16.6. The van der Waals surface area contributed by atoms with Gasteiger partial charge in [0.05, 0.1) is 6.20 Å². The molecule has 1 rings (SSSR count). The molecule has 0 saturated carbocycles. The van der Waals surface area contributed by atoms with Crippen molar-refractivity contribution >= 4 is 0 Å². The van der Waals surface area contributed by atoms with Crippen LogP contribution in [0.25, 0.3) is 0 Å². The van der Waals surface area contributed by atoms with Crippen molar-refractivity contribution in [2.75, 3.05) is 0 Å². The first-order valence-electron chi connectivity index (χ1n) is 2.32. The molecule has 0 atom stereocenters. The molecule has 48 valence electrons. The lowest BCUT2D eigenvalue weighted by Gasteiger charge is -2.11.